The Labute approximate surface area is 230 Å². The number of carbonyl (C=O) groups excluding carboxylic acids is 2. The van der Waals surface area contributed by atoms with Crippen LogP contribution in [0.25, 0.3) is 15.3 Å². The lowest BCUT2D eigenvalue weighted by molar-refractivity contribution is -0.116. The quantitative estimate of drug-likeness (QED) is 0.310. The van der Waals surface area contributed by atoms with Crippen LogP contribution in [-0.2, 0) is 16.1 Å². The van der Waals surface area contributed by atoms with Gasteiger partial charge in [0.1, 0.15) is 4.83 Å². The molecule has 4 aromatic rings. The summed E-state index contributed by atoms with van der Waals surface area (Å²) in [6.07, 6.45) is 13.2. The maximum atomic E-state index is 13.2. The van der Waals surface area contributed by atoms with E-state index in [2.05, 4.69) is 30.7 Å². The van der Waals surface area contributed by atoms with Gasteiger partial charge in [-0.05, 0) is 44.2 Å². The van der Waals surface area contributed by atoms with Crippen molar-refractivity contribution in [3.63, 3.8) is 0 Å². The number of thiazole rings is 1. The second-order valence-electron chi connectivity index (χ2n) is 10.5. The minimum Gasteiger partial charge on any atom is -0.383 e. The van der Waals surface area contributed by atoms with Crippen molar-refractivity contribution >= 4 is 39.4 Å². The van der Waals surface area contributed by atoms with Crippen LogP contribution in [0.15, 0.2) is 37.1 Å². The minimum atomic E-state index is -0.286. The summed E-state index contributed by atoms with van der Waals surface area (Å²) in [5.74, 6) is -0.338. The van der Waals surface area contributed by atoms with Gasteiger partial charge in [0.2, 0.25) is 5.91 Å². The Bertz CT molecular complexity index is 1520. The first-order chi connectivity index (χ1) is 18.9. The van der Waals surface area contributed by atoms with Crippen molar-refractivity contribution in [1.82, 2.24) is 29.3 Å². The van der Waals surface area contributed by atoms with Gasteiger partial charge in [0.15, 0.2) is 0 Å². The Morgan fingerprint density at radius 3 is 2.77 bits per heavy atom. The smallest absolute Gasteiger partial charge is 0.260 e. The molecule has 2 fully saturated rings. The van der Waals surface area contributed by atoms with Crippen molar-refractivity contribution < 1.29 is 14.3 Å². The third-order valence-electron chi connectivity index (χ3n) is 7.63. The number of nitrogens with one attached hydrogen (secondary N) is 2. The molecule has 0 atom stereocenters. The first-order valence-electron chi connectivity index (χ1n) is 13.2. The molecule has 0 unspecified atom stereocenters. The van der Waals surface area contributed by atoms with Gasteiger partial charge in [-0.15, -0.1) is 11.3 Å². The highest BCUT2D eigenvalue weighted by Gasteiger charge is 2.47. The lowest BCUT2D eigenvalue weighted by Crippen LogP contribution is -2.26. The molecule has 6 rings (SSSR count). The molecule has 204 valence electrons. The number of hydrogen-bond acceptors (Lipinski definition) is 8. The number of aromatic nitrogens is 5. The number of rotatable bonds is 10. The van der Waals surface area contributed by atoms with E-state index >= 15 is 0 Å². The molecule has 39 heavy (non-hydrogen) atoms. The Morgan fingerprint density at radius 2 is 1.97 bits per heavy atom. The monoisotopic (exact) mass is 548 g/mol. The summed E-state index contributed by atoms with van der Waals surface area (Å²) in [4.78, 5) is 34.3. The van der Waals surface area contributed by atoms with Gasteiger partial charge in [0.05, 0.1) is 59.3 Å². The molecule has 1 saturated carbocycles. The first-order valence-corrected chi connectivity index (χ1v) is 14.0. The maximum Gasteiger partial charge on any atom is 0.260 e. The first kappa shape index (κ1) is 25.7. The molecule has 1 aliphatic heterocycles. The molecule has 0 radical (unpaired) electrons. The van der Waals surface area contributed by atoms with Crippen molar-refractivity contribution in [2.24, 2.45) is 5.41 Å². The highest BCUT2D eigenvalue weighted by Crippen LogP contribution is 2.52. The van der Waals surface area contributed by atoms with Gasteiger partial charge in [-0.2, -0.15) is 10.2 Å². The van der Waals surface area contributed by atoms with Gasteiger partial charge >= 0.3 is 0 Å². The second kappa shape index (κ2) is 10.5. The molecule has 2 amide bonds. The zero-order valence-corrected chi connectivity index (χ0v) is 23.0. The Balaban J connectivity index is 1.10. The zero-order chi connectivity index (χ0) is 27.0. The standard InChI is InChI=1S/C27H32N8O3S/c1-18-22(11-20(13-28-18)31-24(36)3-7-33-8-6-27(17-33)4-5-27)32-25(37)21-14-30-35-16-23(39-26(21)35)19-12-29-34(15-19)9-10-38-2/h11-16H,3-10,17H2,1-2H3,(H,31,36)(H,32,37). The van der Waals surface area contributed by atoms with E-state index in [0.717, 1.165) is 34.9 Å². The number of anilines is 2. The second-order valence-corrected chi connectivity index (χ2v) is 11.6. The third-order valence-corrected chi connectivity index (χ3v) is 8.79. The zero-order valence-electron chi connectivity index (χ0n) is 22.1. The van der Waals surface area contributed by atoms with E-state index in [9.17, 15) is 9.59 Å². The normalized spacial score (nSPS) is 16.3. The minimum absolute atomic E-state index is 0.0512. The summed E-state index contributed by atoms with van der Waals surface area (Å²) < 4.78 is 8.64. The number of hydrogen-bond donors (Lipinski definition) is 2. The largest absolute Gasteiger partial charge is 0.383 e. The predicted molar refractivity (Wildman–Crippen MR) is 149 cm³/mol. The molecule has 0 bridgehead atoms. The van der Waals surface area contributed by atoms with E-state index < -0.39 is 0 Å². The maximum absolute atomic E-state index is 13.2. The van der Waals surface area contributed by atoms with Crippen LogP contribution in [-0.4, -0.2) is 74.4 Å². The van der Waals surface area contributed by atoms with E-state index in [1.165, 1.54) is 30.6 Å². The fourth-order valence-corrected chi connectivity index (χ4v) is 6.11. The summed E-state index contributed by atoms with van der Waals surface area (Å²) >= 11 is 1.47. The lowest BCUT2D eigenvalue weighted by Gasteiger charge is -2.15. The molecule has 1 aliphatic carbocycles. The fourth-order valence-electron chi connectivity index (χ4n) is 5.08. The van der Waals surface area contributed by atoms with Crippen LogP contribution in [0.3, 0.4) is 0 Å². The average molecular weight is 549 g/mol. The van der Waals surface area contributed by atoms with E-state index in [1.807, 2.05) is 24.0 Å². The molecule has 0 aromatic carbocycles. The van der Waals surface area contributed by atoms with Gasteiger partial charge < -0.3 is 20.3 Å². The molecule has 1 spiro atoms. The van der Waals surface area contributed by atoms with Crippen molar-refractivity contribution in [2.75, 3.05) is 44.0 Å². The highest BCUT2D eigenvalue weighted by atomic mass is 32.1. The molecule has 11 nitrogen and oxygen atoms in total. The van der Waals surface area contributed by atoms with Crippen LogP contribution in [0.1, 0.15) is 41.7 Å². The Kier molecular flexibility index (Phi) is 6.92. The number of aryl methyl sites for hydroxylation is 1. The molecule has 5 heterocycles. The highest BCUT2D eigenvalue weighted by molar-refractivity contribution is 7.21. The van der Waals surface area contributed by atoms with E-state index in [-0.39, 0.29) is 11.8 Å². The van der Waals surface area contributed by atoms with Gasteiger partial charge in [-0.1, -0.05) is 0 Å². The summed E-state index contributed by atoms with van der Waals surface area (Å²) in [5.41, 5.74) is 3.74. The number of pyridine rings is 1. The lowest BCUT2D eigenvalue weighted by atomic mass is 10.1. The number of carbonyl (C=O) groups is 2. The summed E-state index contributed by atoms with van der Waals surface area (Å²) in [6, 6.07) is 1.75. The molecule has 1 saturated heterocycles. The molecule has 12 heteroatoms. The summed E-state index contributed by atoms with van der Waals surface area (Å²) in [6.45, 7) is 6.04. The third kappa shape index (κ3) is 5.58. The number of fused-ring (bicyclic) bond motifs is 1. The van der Waals surface area contributed by atoms with E-state index in [0.29, 0.717) is 47.6 Å². The van der Waals surface area contributed by atoms with Crippen LogP contribution in [0.2, 0.25) is 0 Å². The van der Waals surface area contributed by atoms with Gasteiger partial charge in [-0.3, -0.25) is 19.3 Å². The summed E-state index contributed by atoms with van der Waals surface area (Å²) in [5, 5.41) is 14.6. The SMILES string of the molecule is COCCn1cc(-c2cn3ncc(C(=O)Nc4cc(NC(=O)CCN5CCC6(CC6)C5)cnc4C)c3s2)cn1. The number of likely N-dealkylation sites (tertiary alicyclic amines) is 1. The number of ether oxygens (including phenoxy) is 1. The van der Waals surface area contributed by atoms with Gasteiger partial charge in [-0.25, -0.2) is 4.52 Å². The Morgan fingerprint density at radius 1 is 1.10 bits per heavy atom. The molecule has 2 N–H and O–H groups in total. The van der Waals surface area contributed by atoms with Gasteiger partial charge in [0, 0.05) is 44.6 Å². The average Bonchev–Trinajstić information content (AvgIpc) is 3.33. The van der Waals surface area contributed by atoms with Crippen LogP contribution in [0.4, 0.5) is 11.4 Å². The van der Waals surface area contributed by atoms with Crippen molar-refractivity contribution in [2.45, 2.75) is 39.2 Å². The van der Waals surface area contributed by atoms with Crippen LogP contribution >= 0.6 is 11.3 Å². The van der Waals surface area contributed by atoms with Crippen LogP contribution < -0.4 is 10.6 Å². The molecule has 2 aliphatic rings. The van der Waals surface area contributed by atoms with Crippen molar-refractivity contribution in [1.29, 1.82) is 0 Å². The molecule has 4 aromatic heterocycles. The van der Waals surface area contributed by atoms with Crippen LogP contribution in [0, 0.1) is 12.3 Å². The number of nitrogens with zero attached hydrogens (tertiary/aromatic N) is 6. The van der Waals surface area contributed by atoms with Crippen molar-refractivity contribution in [3.8, 4) is 10.4 Å². The number of methoxy groups -OCH3 is 1. The number of amides is 2. The Hall–Kier alpha value is -3.61. The van der Waals surface area contributed by atoms with E-state index in [4.69, 9.17) is 4.74 Å². The topological polar surface area (TPSA) is 119 Å². The summed E-state index contributed by atoms with van der Waals surface area (Å²) in [7, 11) is 1.66. The fraction of sp³-hybridized carbons (Fsp3) is 0.444. The van der Waals surface area contributed by atoms with E-state index in [1.54, 1.807) is 36.3 Å². The van der Waals surface area contributed by atoms with Crippen LogP contribution in [0.5, 0.6) is 0 Å². The van der Waals surface area contributed by atoms with Crippen molar-refractivity contribution in [3.05, 3.63) is 48.3 Å². The van der Waals surface area contributed by atoms with Gasteiger partial charge in [0.25, 0.3) is 5.91 Å². The predicted octanol–water partition coefficient (Wildman–Crippen LogP) is 3.68. The molecular weight excluding hydrogens is 516 g/mol. The molecular formula is C27H32N8O3S.